The fourth-order valence-corrected chi connectivity index (χ4v) is 6.00. The summed E-state index contributed by atoms with van der Waals surface area (Å²) < 4.78 is 0. The van der Waals surface area contributed by atoms with E-state index in [1.54, 1.807) is 6.08 Å². The summed E-state index contributed by atoms with van der Waals surface area (Å²) in [7, 11) is 0. The molecule has 4 aliphatic carbocycles. The van der Waals surface area contributed by atoms with E-state index in [1.807, 2.05) is 13.0 Å². The van der Waals surface area contributed by atoms with Gasteiger partial charge >= 0.3 is 5.97 Å². The van der Waals surface area contributed by atoms with Crippen molar-refractivity contribution in [3.05, 3.63) is 42.0 Å². The van der Waals surface area contributed by atoms with Crippen molar-refractivity contribution >= 4 is 23.3 Å². The Morgan fingerprint density at radius 1 is 1.28 bits per heavy atom. The molecule has 5 rings (SSSR count). The molecular formula is C24H27NO7. The third-order valence-corrected chi connectivity index (χ3v) is 7.74. The maximum atomic E-state index is 13.0. The molecule has 1 aromatic rings. The first-order valence-electron chi connectivity index (χ1n) is 10.7. The SMILES string of the molecule is C=C1C[C@@]23C=CC(=O)[C@@](C)(CCC(=O)Nc4c(O)ccc(C(=O)O)c4O)[C@H]2C[C@@H]1[C@@H](O)C3. The molecule has 5 atom stereocenters. The van der Waals surface area contributed by atoms with Crippen LogP contribution in [0.3, 0.4) is 0 Å². The molecule has 0 heterocycles. The van der Waals surface area contributed by atoms with Crippen LogP contribution < -0.4 is 5.32 Å². The summed E-state index contributed by atoms with van der Waals surface area (Å²) in [5.74, 6) is -3.29. The number of aromatic hydroxyl groups is 2. The molecule has 2 bridgehead atoms. The minimum Gasteiger partial charge on any atom is -0.506 e. The highest BCUT2D eigenvalue weighted by molar-refractivity contribution is 6.00. The molecule has 0 radical (unpaired) electrons. The molecule has 0 aromatic heterocycles. The van der Waals surface area contributed by atoms with E-state index in [2.05, 4.69) is 11.9 Å². The summed E-state index contributed by atoms with van der Waals surface area (Å²) in [6, 6.07) is 2.12. The maximum Gasteiger partial charge on any atom is 0.339 e. The molecule has 1 spiro atoms. The Labute approximate surface area is 185 Å². The molecule has 0 unspecified atom stereocenters. The number of rotatable bonds is 5. The number of aromatic carboxylic acids is 1. The maximum absolute atomic E-state index is 13.0. The van der Waals surface area contributed by atoms with E-state index in [9.17, 15) is 29.7 Å². The van der Waals surface area contributed by atoms with Crippen molar-refractivity contribution in [2.45, 2.75) is 45.1 Å². The van der Waals surface area contributed by atoms with Crippen LogP contribution in [0.2, 0.25) is 0 Å². The second-order valence-electron chi connectivity index (χ2n) is 9.56. The van der Waals surface area contributed by atoms with Gasteiger partial charge in [0.25, 0.3) is 0 Å². The topological polar surface area (TPSA) is 144 Å². The van der Waals surface area contributed by atoms with Crippen LogP contribution in [0.4, 0.5) is 5.69 Å². The van der Waals surface area contributed by atoms with E-state index in [4.69, 9.17) is 5.11 Å². The van der Waals surface area contributed by atoms with Crippen LogP contribution in [0.25, 0.3) is 0 Å². The van der Waals surface area contributed by atoms with Crippen LogP contribution in [-0.2, 0) is 9.59 Å². The van der Waals surface area contributed by atoms with Crippen LogP contribution >= 0.6 is 0 Å². The van der Waals surface area contributed by atoms with Crippen molar-refractivity contribution in [2.75, 3.05) is 5.32 Å². The van der Waals surface area contributed by atoms with Crippen LogP contribution in [0, 0.1) is 22.7 Å². The third kappa shape index (κ3) is 3.30. The first-order chi connectivity index (χ1) is 15.0. The van der Waals surface area contributed by atoms with Crippen LogP contribution in [0.15, 0.2) is 36.4 Å². The van der Waals surface area contributed by atoms with Gasteiger partial charge in [-0.1, -0.05) is 25.2 Å². The first-order valence-corrected chi connectivity index (χ1v) is 10.7. The predicted molar refractivity (Wildman–Crippen MR) is 115 cm³/mol. The van der Waals surface area contributed by atoms with Crippen molar-refractivity contribution in [1.29, 1.82) is 0 Å². The molecular weight excluding hydrogens is 414 g/mol. The predicted octanol–water partition coefficient (Wildman–Crippen LogP) is 2.99. The molecule has 32 heavy (non-hydrogen) atoms. The summed E-state index contributed by atoms with van der Waals surface area (Å²) in [5.41, 5.74) is -0.975. The van der Waals surface area contributed by atoms with E-state index in [0.29, 0.717) is 19.3 Å². The number of carbonyl (C=O) groups is 3. The van der Waals surface area contributed by atoms with E-state index in [0.717, 1.165) is 17.7 Å². The Balaban J connectivity index is 1.53. The molecule has 170 valence electrons. The van der Waals surface area contributed by atoms with Crippen molar-refractivity contribution < 1.29 is 34.8 Å². The lowest BCUT2D eigenvalue weighted by molar-refractivity contribution is -0.142. The number of nitrogens with one attached hydrogen (secondary N) is 1. The lowest BCUT2D eigenvalue weighted by Crippen LogP contribution is -2.57. The number of hydrogen-bond acceptors (Lipinski definition) is 6. The summed E-state index contributed by atoms with van der Waals surface area (Å²) >= 11 is 0. The number of aliphatic hydroxyl groups excluding tert-OH is 1. The largest absolute Gasteiger partial charge is 0.506 e. The summed E-state index contributed by atoms with van der Waals surface area (Å²) in [5, 5.41) is 42.1. The number of ketones is 1. The number of benzene rings is 1. The van der Waals surface area contributed by atoms with Gasteiger partial charge in [0.05, 0.1) is 6.10 Å². The molecule has 5 N–H and O–H groups in total. The molecule has 1 aromatic carbocycles. The zero-order valence-electron chi connectivity index (χ0n) is 17.8. The average molecular weight is 441 g/mol. The number of phenolic OH excluding ortho intramolecular Hbond substituents is 1. The van der Waals surface area contributed by atoms with Crippen LogP contribution in [0.5, 0.6) is 11.5 Å². The Morgan fingerprint density at radius 2 is 2.00 bits per heavy atom. The van der Waals surface area contributed by atoms with E-state index < -0.39 is 40.5 Å². The Kier molecular flexibility index (Phi) is 5.16. The van der Waals surface area contributed by atoms with Crippen molar-refractivity contribution in [3.8, 4) is 11.5 Å². The number of phenols is 2. The summed E-state index contributed by atoms with van der Waals surface area (Å²) in [6.07, 6.45) is 5.09. The number of anilines is 1. The number of carboxylic acids is 1. The van der Waals surface area contributed by atoms with Gasteiger partial charge in [-0.2, -0.15) is 0 Å². The molecule has 1 amide bonds. The van der Waals surface area contributed by atoms with Crippen molar-refractivity contribution in [2.24, 2.45) is 22.7 Å². The van der Waals surface area contributed by atoms with Gasteiger partial charge in [0.2, 0.25) is 5.91 Å². The van der Waals surface area contributed by atoms with Gasteiger partial charge in [0.1, 0.15) is 17.0 Å². The number of amides is 1. The lowest BCUT2D eigenvalue weighted by Gasteiger charge is -2.60. The van der Waals surface area contributed by atoms with E-state index in [-0.39, 0.29) is 41.6 Å². The molecule has 8 nitrogen and oxygen atoms in total. The number of fused-ring (bicyclic) bond motifs is 2. The molecule has 3 fully saturated rings. The van der Waals surface area contributed by atoms with Crippen molar-refractivity contribution in [3.63, 3.8) is 0 Å². The van der Waals surface area contributed by atoms with Crippen LogP contribution in [0.1, 0.15) is 49.4 Å². The highest BCUT2D eigenvalue weighted by Crippen LogP contribution is 2.64. The molecule has 3 saturated carbocycles. The van der Waals surface area contributed by atoms with Gasteiger partial charge in [0, 0.05) is 17.8 Å². The average Bonchev–Trinajstić information content (AvgIpc) is 2.72. The molecule has 8 heteroatoms. The smallest absolute Gasteiger partial charge is 0.339 e. The zero-order chi connectivity index (χ0) is 23.4. The second-order valence-corrected chi connectivity index (χ2v) is 9.56. The minimum absolute atomic E-state index is 0.0312. The second kappa shape index (κ2) is 7.48. The monoisotopic (exact) mass is 441 g/mol. The van der Waals surface area contributed by atoms with Gasteiger partial charge < -0.3 is 25.7 Å². The number of carboxylic acid groups (broad SMARTS) is 1. The van der Waals surface area contributed by atoms with Gasteiger partial charge in [-0.05, 0) is 55.2 Å². The Morgan fingerprint density at radius 3 is 2.66 bits per heavy atom. The zero-order valence-corrected chi connectivity index (χ0v) is 17.8. The summed E-state index contributed by atoms with van der Waals surface area (Å²) in [6.45, 7) is 5.98. The number of aliphatic hydroxyl groups is 1. The third-order valence-electron chi connectivity index (χ3n) is 7.74. The number of hydrogen-bond donors (Lipinski definition) is 5. The Bertz CT molecular complexity index is 1060. The van der Waals surface area contributed by atoms with Gasteiger partial charge in [-0.3, -0.25) is 9.59 Å². The van der Waals surface area contributed by atoms with E-state index >= 15 is 0 Å². The van der Waals surface area contributed by atoms with Gasteiger partial charge in [0.15, 0.2) is 11.5 Å². The molecule has 0 saturated heterocycles. The first kappa shape index (κ1) is 22.1. The Hall–Kier alpha value is -3.13. The number of allylic oxidation sites excluding steroid dienone is 2. The standard InChI is InChI=1S/C24H27NO7/c1-12-10-24-8-5-18(28)23(2,17(24)9-14(12)16(27)11-24)7-6-19(29)25-20-15(26)4-3-13(21(20)30)22(31)32/h3-5,8,14,16-17,26-27,30H,1,6-7,9-11H2,2H3,(H,25,29)(H,31,32)/t14-,16-,17+,23-,24+/m0/s1. The fraction of sp³-hybridized carbons (Fsp3) is 0.458. The number of carbonyl (C=O) groups excluding carboxylic acids is 2. The minimum atomic E-state index is -1.40. The highest BCUT2D eigenvalue weighted by Gasteiger charge is 2.60. The lowest BCUT2D eigenvalue weighted by atomic mass is 9.44. The molecule has 4 aliphatic rings. The fourth-order valence-electron chi connectivity index (χ4n) is 6.00. The quantitative estimate of drug-likeness (QED) is 0.349. The van der Waals surface area contributed by atoms with Crippen LogP contribution in [-0.4, -0.2) is 44.2 Å². The molecule has 0 aliphatic heterocycles. The van der Waals surface area contributed by atoms with Gasteiger partial charge in [-0.25, -0.2) is 4.79 Å². The summed E-state index contributed by atoms with van der Waals surface area (Å²) in [4.78, 5) is 36.8. The highest BCUT2D eigenvalue weighted by atomic mass is 16.4. The normalized spacial score (nSPS) is 33.1. The van der Waals surface area contributed by atoms with E-state index in [1.165, 1.54) is 0 Å². The van der Waals surface area contributed by atoms with Gasteiger partial charge in [-0.15, -0.1) is 0 Å². The van der Waals surface area contributed by atoms with Crippen molar-refractivity contribution in [1.82, 2.24) is 0 Å².